The number of halogens is 3. The highest BCUT2D eigenvalue weighted by molar-refractivity contribution is 5.47. The summed E-state index contributed by atoms with van der Waals surface area (Å²) in [6.45, 7) is 4.87. The normalized spacial score (nSPS) is 12.3. The van der Waals surface area contributed by atoms with Crippen LogP contribution in [0.3, 0.4) is 0 Å². The molecule has 2 aromatic rings. The van der Waals surface area contributed by atoms with Crippen LogP contribution in [0.25, 0.3) is 0 Å². The lowest BCUT2D eigenvalue weighted by Crippen LogP contribution is -2.10. The molecule has 1 N–H and O–H groups in total. The monoisotopic (exact) mass is 279 g/mol. The summed E-state index contributed by atoms with van der Waals surface area (Å²) in [7, 11) is 0. The molecule has 0 bridgehead atoms. The number of benzene rings is 2. The first-order chi connectivity index (χ1) is 9.38. The van der Waals surface area contributed by atoms with Crippen LogP contribution in [0, 0.1) is 31.3 Å². The lowest BCUT2D eigenvalue weighted by molar-refractivity contribution is 0.571. The van der Waals surface area contributed by atoms with E-state index in [4.69, 9.17) is 0 Å². The maximum Gasteiger partial charge on any atom is 0.128 e. The molecule has 0 spiro atoms. The lowest BCUT2D eigenvalue weighted by Gasteiger charge is -2.17. The van der Waals surface area contributed by atoms with E-state index in [9.17, 15) is 13.2 Å². The number of hydrogen-bond acceptors (Lipinski definition) is 1. The third-order valence-corrected chi connectivity index (χ3v) is 3.30. The van der Waals surface area contributed by atoms with Crippen LogP contribution in [0.4, 0.5) is 18.9 Å². The summed E-state index contributed by atoms with van der Waals surface area (Å²) in [6, 6.07) is 6.56. The van der Waals surface area contributed by atoms with Gasteiger partial charge in [0.05, 0.1) is 6.04 Å². The van der Waals surface area contributed by atoms with E-state index in [-0.39, 0.29) is 16.9 Å². The van der Waals surface area contributed by atoms with E-state index in [0.29, 0.717) is 11.3 Å². The van der Waals surface area contributed by atoms with Gasteiger partial charge in [-0.1, -0.05) is 6.07 Å². The highest BCUT2D eigenvalue weighted by Crippen LogP contribution is 2.25. The molecule has 0 aliphatic carbocycles. The molecule has 2 aromatic carbocycles. The van der Waals surface area contributed by atoms with E-state index in [1.54, 1.807) is 26.0 Å². The highest BCUT2D eigenvalue weighted by atomic mass is 19.1. The number of hydrogen-bond donors (Lipinski definition) is 1. The van der Waals surface area contributed by atoms with Gasteiger partial charge in [0.15, 0.2) is 0 Å². The van der Waals surface area contributed by atoms with E-state index < -0.39 is 17.7 Å². The van der Waals surface area contributed by atoms with E-state index in [1.165, 1.54) is 25.1 Å². The number of rotatable bonds is 3. The molecule has 106 valence electrons. The Kier molecular flexibility index (Phi) is 4.02. The fraction of sp³-hybridized carbons (Fsp3) is 0.250. The van der Waals surface area contributed by atoms with Crippen LogP contribution in [0.2, 0.25) is 0 Å². The first-order valence-corrected chi connectivity index (χ1v) is 6.36. The molecular formula is C16H16F3N. The summed E-state index contributed by atoms with van der Waals surface area (Å²) in [5, 5.41) is 2.97. The molecule has 1 nitrogen and oxygen atoms in total. The zero-order valence-electron chi connectivity index (χ0n) is 11.6. The Labute approximate surface area is 116 Å². The Morgan fingerprint density at radius 2 is 1.50 bits per heavy atom. The van der Waals surface area contributed by atoms with Crippen LogP contribution in [0.1, 0.15) is 29.7 Å². The number of aryl methyl sites for hydroxylation is 2. The Hall–Kier alpha value is -1.97. The fourth-order valence-electron chi connectivity index (χ4n) is 2.00. The molecule has 20 heavy (non-hydrogen) atoms. The van der Waals surface area contributed by atoms with Gasteiger partial charge in [-0.3, -0.25) is 0 Å². The molecule has 0 heterocycles. The van der Waals surface area contributed by atoms with Gasteiger partial charge in [0.2, 0.25) is 0 Å². The van der Waals surface area contributed by atoms with Gasteiger partial charge in [-0.15, -0.1) is 0 Å². The molecule has 2 rings (SSSR count). The molecule has 1 unspecified atom stereocenters. The van der Waals surface area contributed by atoms with Gasteiger partial charge in [0.25, 0.3) is 0 Å². The van der Waals surface area contributed by atoms with Crippen molar-refractivity contribution in [3.8, 4) is 0 Å². The van der Waals surface area contributed by atoms with Crippen molar-refractivity contribution >= 4 is 5.69 Å². The van der Waals surface area contributed by atoms with Crippen molar-refractivity contribution in [3.63, 3.8) is 0 Å². The van der Waals surface area contributed by atoms with E-state index >= 15 is 0 Å². The zero-order valence-corrected chi connectivity index (χ0v) is 11.6. The zero-order chi connectivity index (χ0) is 14.9. The maximum absolute atomic E-state index is 13.8. The van der Waals surface area contributed by atoms with Crippen molar-refractivity contribution in [3.05, 3.63) is 64.5 Å². The van der Waals surface area contributed by atoms with E-state index in [1.807, 2.05) is 0 Å². The third-order valence-electron chi connectivity index (χ3n) is 3.30. The predicted molar refractivity (Wildman–Crippen MR) is 74.3 cm³/mol. The second-order valence-corrected chi connectivity index (χ2v) is 4.95. The molecule has 0 aliphatic rings. The SMILES string of the molecule is Cc1ccc(NC(C)c2cc(F)c(C)cc2F)cc1F. The molecule has 0 saturated carbocycles. The van der Waals surface area contributed by atoms with Gasteiger partial charge in [0.1, 0.15) is 17.5 Å². The van der Waals surface area contributed by atoms with Crippen LogP contribution in [0.15, 0.2) is 30.3 Å². The summed E-state index contributed by atoms with van der Waals surface area (Å²) < 4.78 is 40.8. The Balaban J connectivity index is 2.25. The topological polar surface area (TPSA) is 12.0 Å². The summed E-state index contributed by atoms with van der Waals surface area (Å²) in [4.78, 5) is 0. The van der Waals surface area contributed by atoms with Crippen molar-refractivity contribution in [1.82, 2.24) is 0 Å². The number of nitrogens with one attached hydrogen (secondary N) is 1. The van der Waals surface area contributed by atoms with Gasteiger partial charge in [-0.2, -0.15) is 0 Å². The Morgan fingerprint density at radius 1 is 0.850 bits per heavy atom. The van der Waals surface area contributed by atoms with Crippen LogP contribution < -0.4 is 5.32 Å². The largest absolute Gasteiger partial charge is 0.378 e. The summed E-state index contributed by atoms with van der Waals surface area (Å²) in [6.07, 6.45) is 0. The second-order valence-electron chi connectivity index (χ2n) is 4.95. The summed E-state index contributed by atoms with van der Waals surface area (Å²) in [5.74, 6) is -1.26. The quantitative estimate of drug-likeness (QED) is 0.843. The molecular weight excluding hydrogens is 263 g/mol. The van der Waals surface area contributed by atoms with Crippen molar-refractivity contribution < 1.29 is 13.2 Å². The Morgan fingerprint density at radius 3 is 2.15 bits per heavy atom. The first-order valence-electron chi connectivity index (χ1n) is 6.36. The molecule has 0 aliphatic heterocycles. The number of anilines is 1. The minimum absolute atomic E-state index is 0.217. The van der Waals surface area contributed by atoms with Crippen molar-refractivity contribution in [1.29, 1.82) is 0 Å². The van der Waals surface area contributed by atoms with Crippen LogP contribution in [0.5, 0.6) is 0 Å². The van der Waals surface area contributed by atoms with E-state index in [2.05, 4.69) is 5.32 Å². The van der Waals surface area contributed by atoms with Crippen molar-refractivity contribution in [2.45, 2.75) is 26.8 Å². The molecule has 4 heteroatoms. The smallest absolute Gasteiger partial charge is 0.128 e. The molecule has 0 radical (unpaired) electrons. The lowest BCUT2D eigenvalue weighted by atomic mass is 10.0. The van der Waals surface area contributed by atoms with Crippen molar-refractivity contribution in [2.75, 3.05) is 5.32 Å². The fourth-order valence-corrected chi connectivity index (χ4v) is 2.00. The minimum atomic E-state index is -0.475. The molecule has 0 aromatic heterocycles. The van der Waals surface area contributed by atoms with Crippen LogP contribution in [-0.2, 0) is 0 Å². The van der Waals surface area contributed by atoms with Gasteiger partial charge < -0.3 is 5.32 Å². The standard InChI is InChI=1S/C16H16F3N/c1-9-4-5-12(7-14(9)17)20-11(3)13-8-15(18)10(2)6-16(13)19/h4-8,11,20H,1-3H3. The van der Waals surface area contributed by atoms with Gasteiger partial charge in [-0.25, -0.2) is 13.2 Å². The van der Waals surface area contributed by atoms with Crippen LogP contribution >= 0.6 is 0 Å². The summed E-state index contributed by atoms with van der Waals surface area (Å²) >= 11 is 0. The first kappa shape index (κ1) is 14.4. The Bertz CT molecular complexity index is 638. The van der Waals surface area contributed by atoms with Gasteiger partial charge in [0, 0.05) is 11.3 Å². The van der Waals surface area contributed by atoms with Crippen molar-refractivity contribution in [2.24, 2.45) is 0 Å². The average molecular weight is 279 g/mol. The van der Waals surface area contributed by atoms with Gasteiger partial charge >= 0.3 is 0 Å². The van der Waals surface area contributed by atoms with Crippen LogP contribution in [-0.4, -0.2) is 0 Å². The third kappa shape index (κ3) is 2.95. The van der Waals surface area contributed by atoms with E-state index in [0.717, 1.165) is 0 Å². The maximum atomic E-state index is 13.8. The molecule has 1 atom stereocenters. The molecule has 0 saturated heterocycles. The van der Waals surface area contributed by atoms with Gasteiger partial charge in [-0.05, 0) is 56.2 Å². The minimum Gasteiger partial charge on any atom is -0.378 e. The molecule has 0 amide bonds. The predicted octanol–water partition coefficient (Wildman–Crippen LogP) is 4.89. The summed E-state index contributed by atoms with van der Waals surface area (Å²) in [5.41, 5.74) is 1.55. The second kappa shape index (κ2) is 5.57. The average Bonchev–Trinajstić information content (AvgIpc) is 2.38. The molecule has 0 fully saturated rings. The highest BCUT2D eigenvalue weighted by Gasteiger charge is 2.14.